The predicted molar refractivity (Wildman–Crippen MR) is 71.2 cm³/mol. The first-order valence-electron chi connectivity index (χ1n) is 6.25. The normalized spacial score (nSPS) is 13.8. The average molecular weight is 236 g/mol. The number of aryl methyl sites for hydroxylation is 2. The van der Waals surface area contributed by atoms with E-state index in [1.54, 1.807) is 0 Å². The summed E-state index contributed by atoms with van der Waals surface area (Å²) >= 11 is 0. The van der Waals surface area contributed by atoms with Gasteiger partial charge < -0.3 is 9.84 Å². The van der Waals surface area contributed by atoms with Crippen molar-refractivity contribution in [3.63, 3.8) is 0 Å². The molecule has 0 radical (unpaired) electrons. The Morgan fingerprint density at radius 2 is 1.94 bits per heavy atom. The Morgan fingerprint density at radius 3 is 2.47 bits per heavy atom. The maximum atomic E-state index is 10.1. The molecule has 1 rings (SSSR count). The molecule has 1 aromatic carbocycles. The number of hydrogen-bond donors (Lipinski definition) is 1. The molecule has 1 unspecified atom stereocenters. The summed E-state index contributed by atoms with van der Waals surface area (Å²) < 4.78 is 5.73. The molecule has 0 aliphatic rings. The van der Waals surface area contributed by atoms with Crippen molar-refractivity contribution >= 4 is 0 Å². The van der Waals surface area contributed by atoms with Crippen molar-refractivity contribution in [1.82, 2.24) is 0 Å². The van der Waals surface area contributed by atoms with Crippen LogP contribution < -0.4 is 0 Å². The third-order valence-corrected chi connectivity index (χ3v) is 3.27. The number of hydrogen-bond acceptors (Lipinski definition) is 2. The van der Waals surface area contributed by atoms with Crippen LogP contribution in [-0.2, 0) is 4.74 Å². The molecule has 0 saturated heterocycles. The van der Waals surface area contributed by atoms with Gasteiger partial charge in [0.1, 0.15) is 6.10 Å². The lowest BCUT2D eigenvalue weighted by Gasteiger charge is -2.25. The summed E-state index contributed by atoms with van der Waals surface area (Å²) in [7, 11) is 0. The van der Waals surface area contributed by atoms with Gasteiger partial charge in [-0.05, 0) is 45.2 Å². The monoisotopic (exact) mass is 236 g/mol. The van der Waals surface area contributed by atoms with Crippen molar-refractivity contribution in [3.05, 3.63) is 34.9 Å². The third-order valence-electron chi connectivity index (χ3n) is 3.27. The quantitative estimate of drug-likeness (QED) is 0.847. The molecule has 1 N–H and O–H groups in total. The van der Waals surface area contributed by atoms with E-state index >= 15 is 0 Å². The van der Waals surface area contributed by atoms with Crippen LogP contribution in [0.15, 0.2) is 18.2 Å². The first-order valence-corrected chi connectivity index (χ1v) is 6.25. The van der Waals surface area contributed by atoms with Crippen molar-refractivity contribution in [3.8, 4) is 0 Å². The van der Waals surface area contributed by atoms with Gasteiger partial charge >= 0.3 is 0 Å². The van der Waals surface area contributed by atoms with Gasteiger partial charge in [0.15, 0.2) is 0 Å². The van der Waals surface area contributed by atoms with Crippen LogP contribution in [-0.4, -0.2) is 17.3 Å². The van der Waals surface area contributed by atoms with E-state index in [0.29, 0.717) is 6.61 Å². The van der Waals surface area contributed by atoms with Crippen LogP contribution in [0.2, 0.25) is 0 Å². The highest BCUT2D eigenvalue weighted by molar-refractivity contribution is 5.31. The Morgan fingerprint density at radius 1 is 1.29 bits per heavy atom. The van der Waals surface area contributed by atoms with E-state index in [0.717, 1.165) is 17.5 Å². The SMILES string of the molecule is CCC(C)(C)OCC(O)c1ccc(C)cc1C. The minimum Gasteiger partial charge on any atom is -0.386 e. The van der Waals surface area contributed by atoms with Crippen LogP contribution in [0, 0.1) is 13.8 Å². The minimum absolute atomic E-state index is 0.167. The van der Waals surface area contributed by atoms with Gasteiger partial charge in [-0.1, -0.05) is 30.7 Å². The van der Waals surface area contributed by atoms with Gasteiger partial charge in [-0.15, -0.1) is 0 Å². The Bertz CT molecular complexity index is 369. The smallest absolute Gasteiger partial charge is 0.103 e. The molecule has 1 atom stereocenters. The summed E-state index contributed by atoms with van der Waals surface area (Å²) in [4.78, 5) is 0. The fourth-order valence-corrected chi connectivity index (χ4v) is 1.70. The minimum atomic E-state index is -0.540. The van der Waals surface area contributed by atoms with E-state index in [1.165, 1.54) is 5.56 Å². The molecule has 1 aromatic rings. The second-order valence-electron chi connectivity index (χ2n) is 5.30. The number of rotatable bonds is 5. The lowest BCUT2D eigenvalue weighted by Crippen LogP contribution is -2.26. The number of aliphatic hydroxyl groups is 1. The molecule has 2 heteroatoms. The Kier molecular flexibility index (Phi) is 4.72. The molecule has 0 aliphatic carbocycles. The summed E-state index contributed by atoms with van der Waals surface area (Å²) in [5.74, 6) is 0. The molecule has 0 aromatic heterocycles. The molecular weight excluding hydrogens is 212 g/mol. The highest BCUT2D eigenvalue weighted by Gasteiger charge is 2.19. The molecule has 0 heterocycles. The molecule has 0 amide bonds. The van der Waals surface area contributed by atoms with Crippen LogP contribution in [0.25, 0.3) is 0 Å². The van der Waals surface area contributed by atoms with Gasteiger partial charge in [0.05, 0.1) is 12.2 Å². The van der Waals surface area contributed by atoms with Crippen LogP contribution in [0.1, 0.15) is 50.0 Å². The topological polar surface area (TPSA) is 29.5 Å². The summed E-state index contributed by atoms with van der Waals surface area (Å²) in [5.41, 5.74) is 3.13. The second kappa shape index (κ2) is 5.65. The standard InChI is InChI=1S/C15H24O2/c1-6-15(4,5)17-10-14(16)13-8-7-11(2)9-12(13)3/h7-9,14,16H,6,10H2,1-5H3. The van der Waals surface area contributed by atoms with E-state index in [-0.39, 0.29) is 5.60 Å². The summed E-state index contributed by atoms with van der Waals surface area (Å²) in [6, 6.07) is 6.09. The molecule has 2 nitrogen and oxygen atoms in total. The fraction of sp³-hybridized carbons (Fsp3) is 0.600. The Hall–Kier alpha value is -0.860. The van der Waals surface area contributed by atoms with Crippen molar-refractivity contribution in [2.75, 3.05) is 6.61 Å². The highest BCUT2D eigenvalue weighted by Crippen LogP contribution is 2.22. The second-order valence-corrected chi connectivity index (χ2v) is 5.30. The molecule has 0 spiro atoms. The zero-order valence-electron chi connectivity index (χ0n) is 11.6. The highest BCUT2D eigenvalue weighted by atomic mass is 16.5. The van der Waals surface area contributed by atoms with E-state index in [1.807, 2.05) is 32.9 Å². The van der Waals surface area contributed by atoms with Crippen molar-refractivity contribution in [1.29, 1.82) is 0 Å². The van der Waals surface area contributed by atoms with Gasteiger partial charge in [0.25, 0.3) is 0 Å². The van der Waals surface area contributed by atoms with E-state index < -0.39 is 6.10 Å². The zero-order valence-corrected chi connectivity index (χ0v) is 11.6. The van der Waals surface area contributed by atoms with Gasteiger partial charge in [0, 0.05) is 0 Å². The molecule has 0 saturated carbocycles. The van der Waals surface area contributed by atoms with Crippen LogP contribution >= 0.6 is 0 Å². The van der Waals surface area contributed by atoms with Gasteiger partial charge in [-0.2, -0.15) is 0 Å². The molecule has 0 aliphatic heterocycles. The Balaban J connectivity index is 2.67. The van der Waals surface area contributed by atoms with Crippen LogP contribution in [0.3, 0.4) is 0 Å². The first kappa shape index (κ1) is 14.2. The predicted octanol–water partition coefficient (Wildman–Crippen LogP) is 3.54. The molecular formula is C15H24O2. The van der Waals surface area contributed by atoms with Gasteiger partial charge in [-0.3, -0.25) is 0 Å². The van der Waals surface area contributed by atoms with Gasteiger partial charge in [0.2, 0.25) is 0 Å². The molecule has 96 valence electrons. The van der Waals surface area contributed by atoms with Crippen molar-refractivity contribution < 1.29 is 9.84 Å². The lowest BCUT2D eigenvalue weighted by molar-refractivity contribution is -0.0619. The van der Waals surface area contributed by atoms with E-state index in [9.17, 15) is 5.11 Å². The molecule has 17 heavy (non-hydrogen) atoms. The lowest BCUT2D eigenvalue weighted by atomic mass is 10.0. The number of ether oxygens (including phenoxy) is 1. The fourth-order valence-electron chi connectivity index (χ4n) is 1.70. The molecule has 0 bridgehead atoms. The van der Waals surface area contributed by atoms with Crippen molar-refractivity contribution in [2.45, 2.75) is 52.7 Å². The third kappa shape index (κ3) is 4.14. The summed E-state index contributed by atoms with van der Waals surface area (Å²) in [5, 5.41) is 10.1. The first-order chi connectivity index (χ1) is 7.85. The largest absolute Gasteiger partial charge is 0.386 e. The molecule has 0 fully saturated rings. The van der Waals surface area contributed by atoms with E-state index in [4.69, 9.17) is 4.74 Å². The number of benzene rings is 1. The van der Waals surface area contributed by atoms with E-state index in [2.05, 4.69) is 19.9 Å². The summed E-state index contributed by atoms with van der Waals surface area (Å²) in [6.07, 6.45) is 0.397. The summed E-state index contributed by atoms with van der Waals surface area (Å²) in [6.45, 7) is 10.6. The zero-order chi connectivity index (χ0) is 13.1. The average Bonchev–Trinajstić information content (AvgIpc) is 2.26. The van der Waals surface area contributed by atoms with Crippen LogP contribution in [0.4, 0.5) is 0 Å². The number of aliphatic hydroxyl groups excluding tert-OH is 1. The Labute approximate surface area is 105 Å². The van der Waals surface area contributed by atoms with Crippen LogP contribution in [0.5, 0.6) is 0 Å². The maximum Gasteiger partial charge on any atom is 0.103 e. The van der Waals surface area contributed by atoms with Gasteiger partial charge in [-0.25, -0.2) is 0 Å². The maximum absolute atomic E-state index is 10.1. The van der Waals surface area contributed by atoms with Crippen molar-refractivity contribution in [2.24, 2.45) is 0 Å².